The van der Waals surface area contributed by atoms with Crippen molar-refractivity contribution in [2.75, 3.05) is 6.54 Å². The van der Waals surface area contributed by atoms with Crippen LogP contribution in [0, 0.1) is 0 Å². The minimum absolute atomic E-state index is 0.0201. The van der Waals surface area contributed by atoms with Gasteiger partial charge in [-0.15, -0.1) is 0 Å². The predicted octanol–water partition coefficient (Wildman–Crippen LogP) is 4.11. The van der Waals surface area contributed by atoms with Crippen molar-refractivity contribution in [3.63, 3.8) is 0 Å². The molecule has 0 saturated heterocycles. The van der Waals surface area contributed by atoms with E-state index >= 15 is 0 Å². The Morgan fingerprint density at radius 3 is 2.28 bits per heavy atom. The second-order valence-electron chi connectivity index (χ2n) is 7.33. The summed E-state index contributed by atoms with van der Waals surface area (Å²) >= 11 is 0. The average molecular weight is 453 g/mol. The number of amides is 1. The van der Waals surface area contributed by atoms with Gasteiger partial charge in [-0.3, -0.25) is 0 Å². The number of hydrogen-bond acceptors (Lipinski definition) is 6. The van der Waals surface area contributed by atoms with Crippen molar-refractivity contribution in [1.82, 2.24) is 15.3 Å². The number of benzene rings is 1. The number of nitrogens with one attached hydrogen (secondary N) is 1. The first kappa shape index (κ1) is 25.1. The highest BCUT2D eigenvalue weighted by Gasteiger charge is 2.30. The van der Waals surface area contributed by atoms with Crippen molar-refractivity contribution >= 4 is 12.1 Å². The van der Waals surface area contributed by atoms with Crippen LogP contribution in [0.5, 0.6) is 0 Å². The molecule has 0 radical (unpaired) electrons. The second-order valence-corrected chi connectivity index (χ2v) is 7.33. The highest BCUT2D eigenvalue weighted by atomic mass is 19.4. The average Bonchev–Trinajstić information content (AvgIpc) is 2.73. The maximum atomic E-state index is 12.6. The number of aromatic nitrogens is 2. The lowest BCUT2D eigenvalue weighted by atomic mass is 10.1. The molecule has 0 aliphatic heterocycles. The number of hydrogen-bond donors (Lipinski definition) is 1. The molecule has 0 saturated carbocycles. The van der Waals surface area contributed by atoms with Gasteiger partial charge in [-0.25, -0.2) is 19.6 Å². The fourth-order valence-electron chi connectivity index (χ4n) is 2.76. The van der Waals surface area contributed by atoms with Crippen LogP contribution < -0.4 is 5.32 Å². The van der Waals surface area contributed by atoms with Crippen molar-refractivity contribution in [3.05, 3.63) is 59.7 Å². The minimum atomic E-state index is -4.35. The first-order valence-electron chi connectivity index (χ1n) is 10.2. The number of halogens is 3. The number of carbonyl (C=O) groups excluding carboxylic acids is 2. The van der Waals surface area contributed by atoms with Gasteiger partial charge in [0.05, 0.1) is 18.1 Å². The molecule has 1 amide bonds. The van der Waals surface area contributed by atoms with Crippen LogP contribution in [0.3, 0.4) is 0 Å². The van der Waals surface area contributed by atoms with Crippen LogP contribution in [0.1, 0.15) is 43.6 Å². The third-order valence-electron chi connectivity index (χ3n) is 4.29. The highest BCUT2D eigenvalue weighted by molar-refractivity contribution is 5.79. The van der Waals surface area contributed by atoms with Gasteiger partial charge < -0.3 is 14.8 Å². The molecule has 0 spiro atoms. The molecule has 7 nitrogen and oxygen atoms in total. The Morgan fingerprint density at radius 1 is 1.03 bits per heavy atom. The Labute approximate surface area is 184 Å². The van der Waals surface area contributed by atoms with Crippen LogP contribution in [-0.2, 0) is 33.3 Å². The van der Waals surface area contributed by atoms with E-state index in [4.69, 9.17) is 9.47 Å². The number of esters is 1. The minimum Gasteiger partial charge on any atom is -0.460 e. The van der Waals surface area contributed by atoms with Gasteiger partial charge in [-0.2, -0.15) is 13.2 Å². The second kappa shape index (κ2) is 12.0. The van der Waals surface area contributed by atoms with E-state index in [9.17, 15) is 22.8 Å². The molecule has 2 rings (SSSR count). The van der Waals surface area contributed by atoms with Crippen LogP contribution in [0.2, 0.25) is 0 Å². The molecule has 1 aromatic heterocycles. The lowest BCUT2D eigenvalue weighted by Gasteiger charge is -2.18. The summed E-state index contributed by atoms with van der Waals surface area (Å²) in [7, 11) is 0. The molecule has 1 N–H and O–H groups in total. The van der Waals surface area contributed by atoms with Crippen molar-refractivity contribution in [3.8, 4) is 0 Å². The standard InChI is InChI=1S/C22H26F3N3O4/c1-15(2)31-20(29)18(14-19-26-12-5-13-27-19)32-21(30)28-11-4-3-6-16-7-9-17(10-8-16)22(23,24)25/h5,7-10,12-13,15,18H,3-4,6,11,14H2,1-2H3,(H,28,30). The summed E-state index contributed by atoms with van der Waals surface area (Å²) < 4.78 is 48.1. The van der Waals surface area contributed by atoms with Crippen molar-refractivity contribution in [1.29, 1.82) is 0 Å². The molecule has 0 fully saturated rings. The molecule has 1 atom stereocenters. The predicted molar refractivity (Wildman–Crippen MR) is 110 cm³/mol. The molecule has 174 valence electrons. The number of ether oxygens (including phenoxy) is 2. The molecule has 2 aromatic rings. The van der Waals surface area contributed by atoms with Crippen LogP contribution in [0.25, 0.3) is 0 Å². The van der Waals surface area contributed by atoms with Gasteiger partial charge in [0, 0.05) is 18.9 Å². The van der Waals surface area contributed by atoms with E-state index in [0.717, 1.165) is 17.7 Å². The summed E-state index contributed by atoms with van der Waals surface area (Å²) in [6, 6.07) is 6.63. The molecular formula is C22H26F3N3O4. The van der Waals surface area contributed by atoms with Gasteiger partial charge >= 0.3 is 18.2 Å². The Bertz CT molecular complexity index is 859. The molecule has 0 aliphatic rings. The van der Waals surface area contributed by atoms with Crippen molar-refractivity contribution in [2.45, 2.75) is 57.9 Å². The fourth-order valence-corrected chi connectivity index (χ4v) is 2.76. The zero-order valence-corrected chi connectivity index (χ0v) is 17.9. The lowest BCUT2D eigenvalue weighted by Crippen LogP contribution is -2.37. The van der Waals surface area contributed by atoms with Gasteiger partial charge in [-0.1, -0.05) is 12.1 Å². The highest BCUT2D eigenvalue weighted by Crippen LogP contribution is 2.29. The zero-order valence-electron chi connectivity index (χ0n) is 17.9. The van der Waals surface area contributed by atoms with E-state index in [2.05, 4.69) is 15.3 Å². The number of rotatable bonds is 10. The van der Waals surface area contributed by atoms with Gasteiger partial charge in [-0.05, 0) is 56.9 Å². The summed E-state index contributed by atoms with van der Waals surface area (Å²) in [6.45, 7) is 3.66. The molecule has 1 heterocycles. The van der Waals surface area contributed by atoms with E-state index in [1.807, 2.05) is 0 Å². The third-order valence-corrected chi connectivity index (χ3v) is 4.29. The van der Waals surface area contributed by atoms with E-state index in [-0.39, 0.29) is 19.1 Å². The van der Waals surface area contributed by atoms with E-state index in [1.165, 1.54) is 24.5 Å². The number of nitrogens with zero attached hydrogens (tertiary/aromatic N) is 2. The Hall–Kier alpha value is -3.17. The fraction of sp³-hybridized carbons (Fsp3) is 0.455. The normalized spacial score (nSPS) is 12.3. The largest absolute Gasteiger partial charge is 0.460 e. The maximum Gasteiger partial charge on any atom is 0.416 e. The van der Waals surface area contributed by atoms with Crippen LogP contribution in [0.4, 0.5) is 18.0 Å². The SMILES string of the molecule is CC(C)OC(=O)C(Cc1ncccn1)OC(=O)NCCCCc1ccc(C(F)(F)F)cc1. The zero-order chi connectivity index (χ0) is 23.6. The molecule has 10 heteroatoms. The molecule has 32 heavy (non-hydrogen) atoms. The number of unbranched alkanes of at least 4 members (excludes halogenated alkanes) is 1. The lowest BCUT2D eigenvalue weighted by molar-refractivity contribution is -0.157. The van der Waals surface area contributed by atoms with Crippen LogP contribution in [-0.4, -0.2) is 40.8 Å². The van der Waals surface area contributed by atoms with Crippen molar-refractivity contribution in [2.24, 2.45) is 0 Å². The topological polar surface area (TPSA) is 90.4 Å². The van der Waals surface area contributed by atoms with E-state index in [0.29, 0.717) is 25.1 Å². The quantitative estimate of drug-likeness (QED) is 0.430. The smallest absolute Gasteiger partial charge is 0.416 e. The van der Waals surface area contributed by atoms with Gasteiger partial charge in [0.2, 0.25) is 6.10 Å². The van der Waals surface area contributed by atoms with Crippen LogP contribution in [0.15, 0.2) is 42.7 Å². The number of aryl methyl sites for hydroxylation is 1. The Morgan fingerprint density at radius 2 is 1.69 bits per heavy atom. The monoisotopic (exact) mass is 453 g/mol. The van der Waals surface area contributed by atoms with Gasteiger partial charge in [0.15, 0.2) is 0 Å². The molecule has 1 aromatic carbocycles. The molecule has 0 bridgehead atoms. The summed E-state index contributed by atoms with van der Waals surface area (Å²) in [5, 5.41) is 2.56. The van der Waals surface area contributed by atoms with Gasteiger partial charge in [0.25, 0.3) is 0 Å². The molecular weight excluding hydrogens is 427 g/mol. The maximum absolute atomic E-state index is 12.6. The summed E-state index contributed by atoms with van der Waals surface area (Å²) in [5.41, 5.74) is 0.0945. The summed E-state index contributed by atoms with van der Waals surface area (Å²) in [5.74, 6) is -0.354. The summed E-state index contributed by atoms with van der Waals surface area (Å²) in [6.07, 6.45) is -1.87. The first-order valence-corrected chi connectivity index (χ1v) is 10.2. The Kier molecular flexibility index (Phi) is 9.42. The number of carbonyl (C=O) groups is 2. The van der Waals surface area contributed by atoms with Crippen LogP contribution >= 0.6 is 0 Å². The van der Waals surface area contributed by atoms with Crippen molar-refractivity contribution < 1.29 is 32.2 Å². The van der Waals surface area contributed by atoms with E-state index in [1.54, 1.807) is 19.9 Å². The Balaban J connectivity index is 1.76. The van der Waals surface area contributed by atoms with E-state index < -0.39 is 29.9 Å². The third kappa shape index (κ3) is 8.91. The first-order chi connectivity index (χ1) is 15.1. The summed E-state index contributed by atoms with van der Waals surface area (Å²) in [4.78, 5) is 32.4. The number of alkyl halides is 3. The molecule has 0 aliphatic carbocycles. The van der Waals surface area contributed by atoms with Gasteiger partial charge in [0.1, 0.15) is 5.82 Å². The number of alkyl carbamates (subject to hydrolysis) is 1. The molecule has 1 unspecified atom stereocenters.